The van der Waals surface area contributed by atoms with Crippen molar-refractivity contribution < 1.29 is 8.81 Å². The van der Waals surface area contributed by atoms with Gasteiger partial charge >= 0.3 is 0 Å². The molecule has 0 saturated carbocycles. The van der Waals surface area contributed by atoms with Gasteiger partial charge in [-0.2, -0.15) is 0 Å². The Kier molecular flexibility index (Phi) is 7.33. The van der Waals surface area contributed by atoms with E-state index in [0.717, 1.165) is 11.3 Å². The van der Waals surface area contributed by atoms with Gasteiger partial charge in [0.25, 0.3) is 0 Å². The Morgan fingerprint density at radius 3 is 2.60 bits per heavy atom. The van der Waals surface area contributed by atoms with Crippen molar-refractivity contribution in [3.05, 3.63) is 81.8 Å². The second kappa shape index (κ2) is 9.25. The third-order valence-electron chi connectivity index (χ3n) is 3.68. The van der Waals surface area contributed by atoms with E-state index in [2.05, 4.69) is 5.32 Å². The van der Waals surface area contributed by atoms with Crippen LogP contribution < -0.4 is 5.32 Å². The lowest BCUT2D eigenvalue weighted by Gasteiger charge is -2.05. The normalized spacial score (nSPS) is 10.5. The summed E-state index contributed by atoms with van der Waals surface area (Å²) in [7, 11) is 0. The lowest BCUT2D eigenvalue weighted by atomic mass is 10.1. The summed E-state index contributed by atoms with van der Waals surface area (Å²) >= 11 is 12.2. The molecule has 0 radical (unpaired) electrons. The molecule has 3 rings (SSSR count). The average Bonchev–Trinajstić information content (AvgIpc) is 3.04. The van der Waals surface area contributed by atoms with E-state index >= 15 is 0 Å². The minimum Gasteiger partial charge on any atom is -0.460 e. The fourth-order valence-electron chi connectivity index (χ4n) is 2.44. The standard InChI is InChI=1S/C19H16Cl2FNO.ClH/c20-14-5-7-17(21)16(11-14)19-8-6-15(24-19)12-23-10-9-13-3-1-2-4-18(13)22;/h1-8,11,23H,9-10,12H2;1H. The minimum atomic E-state index is -0.171. The van der Waals surface area contributed by atoms with Crippen LogP contribution in [0.1, 0.15) is 11.3 Å². The van der Waals surface area contributed by atoms with Crippen LogP contribution in [-0.4, -0.2) is 6.54 Å². The van der Waals surface area contributed by atoms with Crippen molar-refractivity contribution in [3.63, 3.8) is 0 Å². The van der Waals surface area contributed by atoms with Gasteiger partial charge in [0.2, 0.25) is 0 Å². The van der Waals surface area contributed by atoms with Gasteiger partial charge in [-0.1, -0.05) is 41.4 Å². The Bertz CT molecular complexity index is 835. The minimum absolute atomic E-state index is 0. The van der Waals surface area contributed by atoms with Crippen molar-refractivity contribution in [1.82, 2.24) is 5.32 Å². The topological polar surface area (TPSA) is 25.2 Å². The smallest absolute Gasteiger partial charge is 0.135 e. The summed E-state index contributed by atoms with van der Waals surface area (Å²) in [6.45, 7) is 1.22. The molecule has 1 heterocycles. The molecule has 0 unspecified atom stereocenters. The highest BCUT2D eigenvalue weighted by molar-refractivity contribution is 6.35. The Labute approximate surface area is 162 Å². The van der Waals surface area contributed by atoms with Crippen molar-refractivity contribution in [3.8, 4) is 11.3 Å². The lowest BCUT2D eigenvalue weighted by molar-refractivity contribution is 0.493. The van der Waals surface area contributed by atoms with Crippen LogP contribution in [0.5, 0.6) is 0 Å². The van der Waals surface area contributed by atoms with E-state index in [0.29, 0.717) is 40.9 Å². The van der Waals surface area contributed by atoms with Crippen LogP contribution in [0.25, 0.3) is 11.3 Å². The molecule has 0 amide bonds. The first-order chi connectivity index (χ1) is 11.6. The molecule has 0 aliphatic carbocycles. The number of halogens is 4. The van der Waals surface area contributed by atoms with Gasteiger partial charge in [0.1, 0.15) is 17.3 Å². The van der Waals surface area contributed by atoms with Gasteiger partial charge in [-0.25, -0.2) is 4.39 Å². The molecule has 0 spiro atoms. The number of furan rings is 1. The number of nitrogens with one attached hydrogen (secondary N) is 1. The predicted octanol–water partition coefficient (Wildman–Crippen LogP) is 6.15. The summed E-state index contributed by atoms with van der Waals surface area (Å²) in [4.78, 5) is 0. The summed E-state index contributed by atoms with van der Waals surface area (Å²) in [5.74, 6) is 1.29. The summed E-state index contributed by atoms with van der Waals surface area (Å²) in [5.41, 5.74) is 1.47. The first-order valence-corrected chi connectivity index (χ1v) is 8.37. The third kappa shape index (κ3) is 5.23. The fraction of sp³-hybridized carbons (Fsp3) is 0.158. The SMILES string of the molecule is Cl.Fc1ccccc1CCNCc1ccc(-c2cc(Cl)ccc2Cl)o1. The van der Waals surface area contributed by atoms with Gasteiger partial charge in [0, 0.05) is 10.6 Å². The molecule has 1 N–H and O–H groups in total. The van der Waals surface area contributed by atoms with Crippen LogP contribution in [0.4, 0.5) is 4.39 Å². The van der Waals surface area contributed by atoms with Crippen molar-refractivity contribution >= 4 is 35.6 Å². The maximum atomic E-state index is 13.5. The Morgan fingerprint density at radius 2 is 1.80 bits per heavy atom. The molecule has 0 aliphatic rings. The molecule has 1 aromatic heterocycles. The van der Waals surface area contributed by atoms with E-state index in [4.69, 9.17) is 27.6 Å². The van der Waals surface area contributed by atoms with Crippen LogP contribution in [0.15, 0.2) is 59.0 Å². The zero-order chi connectivity index (χ0) is 16.9. The maximum absolute atomic E-state index is 13.5. The molecular weight excluding hydrogens is 384 g/mol. The Balaban J connectivity index is 0.00000225. The average molecular weight is 401 g/mol. The van der Waals surface area contributed by atoms with Crippen LogP contribution in [0.3, 0.4) is 0 Å². The van der Waals surface area contributed by atoms with E-state index in [-0.39, 0.29) is 18.2 Å². The number of rotatable bonds is 6. The predicted molar refractivity (Wildman–Crippen MR) is 103 cm³/mol. The highest BCUT2D eigenvalue weighted by Gasteiger charge is 2.09. The summed E-state index contributed by atoms with van der Waals surface area (Å²) in [6, 6.07) is 15.8. The molecule has 132 valence electrons. The maximum Gasteiger partial charge on any atom is 0.135 e. The number of hydrogen-bond donors (Lipinski definition) is 1. The zero-order valence-corrected chi connectivity index (χ0v) is 15.6. The van der Waals surface area contributed by atoms with E-state index in [1.165, 1.54) is 6.07 Å². The van der Waals surface area contributed by atoms with Crippen LogP contribution in [-0.2, 0) is 13.0 Å². The first-order valence-electron chi connectivity index (χ1n) is 7.62. The van der Waals surface area contributed by atoms with Gasteiger partial charge in [0.05, 0.1) is 11.6 Å². The van der Waals surface area contributed by atoms with Crippen molar-refractivity contribution in [1.29, 1.82) is 0 Å². The largest absolute Gasteiger partial charge is 0.460 e. The van der Waals surface area contributed by atoms with Crippen LogP contribution in [0, 0.1) is 5.82 Å². The van der Waals surface area contributed by atoms with E-state index in [1.807, 2.05) is 18.2 Å². The molecule has 25 heavy (non-hydrogen) atoms. The molecule has 3 aromatic rings. The van der Waals surface area contributed by atoms with Crippen molar-refractivity contribution in [2.45, 2.75) is 13.0 Å². The number of hydrogen-bond acceptors (Lipinski definition) is 2. The molecule has 2 aromatic carbocycles. The molecule has 0 aliphatic heterocycles. The molecular formula is C19H17Cl3FNO. The summed E-state index contributed by atoms with van der Waals surface area (Å²) < 4.78 is 19.3. The quantitative estimate of drug-likeness (QED) is 0.502. The van der Waals surface area contributed by atoms with Gasteiger partial charge in [0.15, 0.2) is 0 Å². The van der Waals surface area contributed by atoms with E-state index in [1.54, 1.807) is 30.3 Å². The van der Waals surface area contributed by atoms with Crippen LogP contribution in [0.2, 0.25) is 10.0 Å². The second-order valence-corrected chi connectivity index (χ2v) is 6.25. The highest BCUT2D eigenvalue weighted by atomic mass is 35.5. The van der Waals surface area contributed by atoms with Crippen molar-refractivity contribution in [2.24, 2.45) is 0 Å². The van der Waals surface area contributed by atoms with Gasteiger partial charge in [-0.15, -0.1) is 12.4 Å². The summed E-state index contributed by atoms with van der Waals surface area (Å²) in [6.07, 6.45) is 0.625. The fourth-order valence-corrected chi connectivity index (χ4v) is 2.82. The molecule has 6 heteroatoms. The number of benzene rings is 2. The second-order valence-electron chi connectivity index (χ2n) is 5.41. The third-order valence-corrected chi connectivity index (χ3v) is 4.25. The van der Waals surface area contributed by atoms with Gasteiger partial charge in [-0.05, 0) is 54.9 Å². The van der Waals surface area contributed by atoms with Gasteiger partial charge in [-0.3, -0.25) is 0 Å². The Morgan fingerprint density at radius 1 is 1.00 bits per heavy atom. The van der Waals surface area contributed by atoms with Crippen molar-refractivity contribution in [2.75, 3.05) is 6.54 Å². The molecule has 0 fully saturated rings. The monoisotopic (exact) mass is 399 g/mol. The lowest BCUT2D eigenvalue weighted by Crippen LogP contribution is -2.16. The molecule has 2 nitrogen and oxygen atoms in total. The van der Waals surface area contributed by atoms with E-state index < -0.39 is 0 Å². The molecule has 0 saturated heterocycles. The highest BCUT2D eigenvalue weighted by Crippen LogP contribution is 2.31. The molecule has 0 bridgehead atoms. The summed E-state index contributed by atoms with van der Waals surface area (Å²) in [5, 5.41) is 4.45. The van der Waals surface area contributed by atoms with E-state index in [9.17, 15) is 4.39 Å². The zero-order valence-electron chi connectivity index (χ0n) is 13.3. The Hall–Kier alpha value is -1.52. The van der Waals surface area contributed by atoms with Crippen LogP contribution >= 0.6 is 35.6 Å². The van der Waals surface area contributed by atoms with Gasteiger partial charge < -0.3 is 9.73 Å². The molecule has 0 atom stereocenters. The first kappa shape index (κ1) is 19.8.